The third-order valence-corrected chi connectivity index (χ3v) is 4.12. The first-order valence-electron chi connectivity index (χ1n) is 7.71. The Morgan fingerprint density at radius 3 is 2.86 bits per heavy atom. The molecule has 5 heteroatoms. The van der Waals surface area contributed by atoms with Crippen molar-refractivity contribution in [2.75, 3.05) is 25.5 Å². The summed E-state index contributed by atoms with van der Waals surface area (Å²) in [4.78, 5) is 2.11. The number of benzene rings is 1. The molecule has 1 aliphatic rings. The highest BCUT2D eigenvalue weighted by molar-refractivity contribution is 5.48. The van der Waals surface area contributed by atoms with Crippen molar-refractivity contribution in [3.8, 4) is 5.75 Å². The largest absolute Gasteiger partial charge is 0.488 e. The number of para-hydroxylation sites is 1. The standard InChI is InChI=1S/C17H24N4O/c1-12-15(17(20(2)3)21(4)19-12)11-18-10-14-9-13-7-5-6-8-16(13)22-14/h5-8,14,18H,9-11H2,1-4H3/t14-/m0/s1. The zero-order valence-electron chi connectivity index (χ0n) is 13.8. The molecule has 118 valence electrons. The van der Waals surface area contributed by atoms with Gasteiger partial charge in [-0.3, -0.25) is 4.68 Å². The summed E-state index contributed by atoms with van der Waals surface area (Å²) in [5, 5.41) is 8.04. The molecule has 0 aliphatic carbocycles. The highest BCUT2D eigenvalue weighted by Gasteiger charge is 2.22. The highest BCUT2D eigenvalue weighted by atomic mass is 16.5. The van der Waals surface area contributed by atoms with Crippen LogP contribution in [0.4, 0.5) is 5.82 Å². The number of hydrogen-bond acceptors (Lipinski definition) is 4. The van der Waals surface area contributed by atoms with Gasteiger partial charge in [-0.05, 0) is 18.6 Å². The van der Waals surface area contributed by atoms with E-state index in [0.717, 1.165) is 36.8 Å². The number of aromatic nitrogens is 2. The van der Waals surface area contributed by atoms with Crippen LogP contribution in [0.5, 0.6) is 5.75 Å². The lowest BCUT2D eigenvalue weighted by molar-refractivity contribution is 0.227. The molecule has 1 aromatic carbocycles. The molecule has 0 bridgehead atoms. The molecule has 0 radical (unpaired) electrons. The van der Waals surface area contributed by atoms with Gasteiger partial charge in [-0.25, -0.2) is 0 Å². The molecule has 1 aromatic heterocycles. The van der Waals surface area contributed by atoms with E-state index in [1.807, 2.05) is 23.9 Å². The number of hydrogen-bond donors (Lipinski definition) is 1. The molecule has 0 spiro atoms. The molecular formula is C17H24N4O. The molecule has 0 saturated heterocycles. The van der Waals surface area contributed by atoms with E-state index in [9.17, 15) is 0 Å². The number of aryl methyl sites for hydroxylation is 2. The fourth-order valence-electron chi connectivity index (χ4n) is 3.18. The van der Waals surface area contributed by atoms with Gasteiger partial charge in [-0.1, -0.05) is 18.2 Å². The summed E-state index contributed by atoms with van der Waals surface area (Å²) < 4.78 is 7.90. The zero-order chi connectivity index (χ0) is 15.7. The lowest BCUT2D eigenvalue weighted by Gasteiger charge is -2.16. The van der Waals surface area contributed by atoms with Crippen LogP contribution in [-0.2, 0) is 20.0 Å². The minimum atomic E-state index is 0.220. The lowest BCUT2D eigenvalue weighted by Crippen LogP contribution is -2.30. The Labute approximate surface area is 131 Å². The van der Waals surface area contributed by atoms with Crippen molar-refractivity contribution in [3.05, 3.63) is 41.1 Å². The van der Waals surface area contributed by atoms with Crippen LogP contribution >= 0.6 is 0 Å². The maximum absolute atomic E-state index is 5.96. The van der Waals surface area contributed by atoms with Gasteiger partial charge in [0.05, 0.1) is 5.69 Å². The average Bonchev–Trinajstić information content (AvgIpc) is 2.99. The second kappa shape index (κ2) is 6.01. The van der Waals surface area contributed by atoms with Crippen LogP contribution in [0.15, 0.2) is 24.3 Å². The van der Waals surface area contributed by atoms with Gasteiger partial charge < -0.3 is 15.0 Å². The van der Waals surface area contributed by atoms with E-state index < -0.39 is 0 Å². The van der Waals surface area contributed by atoms with Crippen LogP contribution < -0.4 is 15.0 Å². The minimum absolute atomic E-state index is 0.220. The first kappa shape index (κ1) is 14.9. The molecule has 2 heterocycles. The van der Waals surface area contributed by atoms with E-state index in [1.54, 1.807) is 0 Å². The first-order chi connectivity index (χ1) is 10.6. The molecule has 22 heavy (non-hydrogen) atoms. The maximum atomic E-state index is 5.96. The summed E-state index contributed by atoms with van der Waals surface area (Å²) in [6, 6.07) is 8.28. The summed E-state index contributed by atoms with van der Waals surface area (Å²) in [7, 11) is 6.09. The van der Waals surface area contributed by atoms with E-state index >= 15 is 0 Å². The molecule has 0 amide bonds. The third-order valence-electron chi connectivity index (χ3n) is 4.12. The molecule has 0 fully saturated rings. The lowest BCUT2D eigenvalue weighted by atomic mass is 10.1. The fourth-order valence-corrected chi connectivity index (χ4v) is 3.18. The summed E-state index contributed by atoms with van der Waals surface area (Å²) >= 11 is 0. The molecule has 1 N–H and O–H groups in total. The Hall–Kier alpha value is -2.01. The number of fused-ring (bicyclic) bond motifs is 1. The van der Waals surface area contributed by atoms with Gasteiger partial charge in [-0.15, -0.1) is 0 Å². The van der Waals surface area contributed by atoms with Crippen molar-refractivity contribution >= 4 is 5.82 Å². The quantitative estimate of drug-likeness (QED) is 0.915. The van der Waals surface area contributed by atoms with Gasteiger partial charge in [0.25, 0.3) is 0 Å². The van der Waals surface area contributed by atoms with Crippen molar-refractivity contribution in [1.82, 2.24) is 15.1 Å². The summed E-state index contributed by atoms with van der Waals surface area (Å²) in [5.41, 5.74) is 3.64. The van der Waals surface area contributed by atoms with Crippen molar-refractivity contribution in [2.45, 2.75) is 26.0 Å². The predicted molar refractivity (Wildman–Crippen MR) is 88.5 cm³/mol. The Kier molecular flexibility index (Phi) is 4.07. The third kappa shape index (κ3) is 2.81. The Morgan fingerprint density at radius 1 is 1.36 bits per heavy atom. The minimum Gasteiger partial charge on any atom is -0.488 e. The first-order valence-corrected chi connectivity index (χ1v) is 7.71. The van der Waals surface area contributed by atoms with E-state index in [2.05, 4.69) is 48.5 Å². The number of nitrogens with one attached hydrogen (secondary N) is 1. The van der Waals surface area contributed by atoms with Gasteiger partial charge in [-0.2, -0.15) is 5.10 Å². The second-order valence-electron chi connectivity index (χ2n) is 6.09. The van der Waals surface area contributed by atoms with Gasteiger partial charge >= 0.3 is 0 Å². The number of rotatable bonds is 5. The number of ether oxygens (including phenoxy) is 1. The van der Waals surface area contributed by atoms with Gasteiger partial charge in [0.2, 0.25) is 0 Å². The van der Waals surface area contributed by atoms with E-state index in [1.165, 1.54) is 11.1 Å². The van der Waals surface area contributed by atoms with Crippen LogP contribution in [0.3, 0.4) is 0 Å². The molecule has 2 aromatic rings. The van der Waals surface area contributed by atoms with Crippen LogP contribution in [0, 0.1) is 6.92 Å². The van der Waals surface area contributed by atoms with Crippen LogP contribution in [0.1, 0.15) is 16.8 Å². The van der Waals surface area contributed by atoms with Crippen molar-refractivity contribution < 1.29 is 4.74 Å². The van der Waals surface area contributed by atoms with Crippen molar-refractivity contribution in [1.29, 1.82) is 0 Å². The molecule has 5 nitrogen and oxygen atoms in total. The van der Waals surface area contributed by atoms with Gasteiger partial charge in [0.15, 0.2) is 0 Å². The van der Waals surface area contributed by atoms with Crippen LogP contribution in [-0.4, -0.2) is 36.5 Å². The normalized spacial score (nSPS) is 16.5. The van der Waals surface area contributed by atoms with E-state index in [4.69, 9.17) is 4.74 Å². The van der Waals surface area contributed by atoms with E-state index in [-0.39, 0.29) is 6.10 Å². The SMILES string of the molecule is Cc1nn(C)c(N(C)C)c1CNC[C@@H]1Cc2ccccc2O1. The summed E-state index contributed by atoms with van der Waals surface area (Å²) in [6.45, 7) is 3.71. The number of anilines is 1. The average molecular weight is 300 g/mol. The summed E-state index contributed by atoms with van der Waals surface area (Å²) in [6.07, 6.45) is 1.20. The van der Waals surface area contributed by atoms with Crippen LogP contribution in [0.2, 0.25) is 0 Å². The Balaban J connectivity index is 1.59. The van der Waals surface area contributed by atoms with Gasteiger partial charge in [0.1, 0.15) is 17.7 Å². The van der Waals surface area contributed by atoms with E-state index in [0.29, 0.717) is 0 Å². The summed E-state index contributed by atoms with van der Waals surface area (Å²) in [5.74, 6) is 2.18. The Morgan fingerprint density at radius 2 is 2.14 bits per heavy atom. The zero-order valence-corrected chi connectivity index (χ0v) is 13.8. The highest BCUT2D eigenvalue weighted by Crippen LogP contribution is 2.28. The molecule has 3 rings (SSSR count). The maximum Gasteiger partial charge on any atom is 0.130 e. The van der Waals surface area contributed by atoms with Gasteiger partial charge in [0, 0.05) is 46.2 Å². The molecule has 1 atom stereocenters. The van der Waals surface area contributed by atoms with Crippen molar-refractivity contribution in [3.63, 3.8) is 0 Å². The number of nitrogens with zero attached hydrogens (tertiary/aromatic N) is 3. The smallest absolute Gasteiger partial charge is 0.130 e. The topological polar surface area (TPSA) is 42.3 Å². The fraction of sp³-hybridized carbons (Fsp3) is 0.471. The molecule has 1 aliphatic heterocycles. The molecule has 0 saturated carbocycles. The predicted octanol–water partition coefficient (Wildman–Crippen LogP) is 1.89. The molecule has 0 unspecified atom stereocenters. The second-order valence-corrected chi connectivity index (χ2v) is 6.09. The van der Waals surface area contributed by atoms with Crippen LogP contribution in [0.25, 0.3) is 0 Å². The Bertz CT molecular complexity index is 638. The van der Waals surface area contributed by atoms with Crippen molar-refractivity contribution in [2.24, 2.45) is 7.05 Å². The molecular weight excluding hydrogens is 276 g/mol. The monoisotopic (exact) mass is 300 g/mol.